The van der Waals surface area contributed by atoms with Crippen molar-refractivity contribution in [3.63, 3.8) is 0 Å². The maximum atomic E-state index is 11.9. The van der Waals surface area contributed by atoms with Crippen LogP contribution in [0.4, 0.5) is 5.69 Å². The van der Waals surface area contributed by atoms with Crippen molar-refractivity contribution in [2.45, 2.75) is 26.2 Å². The molecule has 0 aromatic heterocycles. The summed E-state index contributed by atoms with van der Waals surface area (Å²) in [5.74, 6) is 0.500. The van der Waals surface area contributed by atoms with E-state index < -0.39 is 0 Å². The molecular formula is C13H17Br3N2O. The standard InChI is InChI=1S/C13H17Br3N2O/c1-8(4-5-17)2-3-12(19)18-13-10(15)6-9(14)7-11(13)16/h6-8H,2-5,17H2,1H3,(H,18,19). The second-order valence-corrected chi connectivity index (χ2v) is 7.14. The van der Waals surface area contributed by atoms with Crippen molar-refractivity contribution in [1.82, 2.24) is 0 Å². The molecule has 1 amide bonds. The summed E-state index contributed by atoms with van der Waals surface area (Å²) in [6.45, 7) is 2.79. The highest BCUT2D eigenvalue weighted by molar-refractivity contribution is 9.11. The molecule has 1 aromatic carbocycles. The van der Waals surface area contributed by atoms with Crippen LogP contribution in [0.25, 0.3) is 0 Å². The molecule has 1 atom stereocenters. The van der Waals surface area contributed by atoms with Crippen LogP contribution in [0.3, 0.4) is 0 Å². The minimum atomic E-state index is 0.0209. The number of anilines is 1. The molecule has 0 saturated carbocycles. The lowest BCUT2D eigenvalue weighted by atomic mass is 10.0. The van der Waals surface area contributed by atoms with Gasteiger partial charge in [-0.2, -0.15) is 0 Å². The largest absolute Gasteiger partial charge is 0.330 e. The molecule has 0 heterocycles. The molecule has 0 bridgehead atoms. The van der Waals surface area contributed by atoms with Crippen LogP contribution < -0.4 is 11.1 Å². The van der Waals surface area contributed by atoms with Gasteiger partial charge < -0.3 is 11.1 Å². The molecule has 1 unspecified atom stereocenters. The van der Waals surface area contributed by atoms with Gasteiger partial charge in [-0.25, -0.2) is 0 Å². The van der Waals surface area contributed by atoms with Crippen LogP contribution in [0.15, 0.2) is 25.6 Å². The Morgan fingerprint density at radius 1 is 1.26 bits per heavy atom. The van der Waals surface area contributed by atoms with E-state index in [4.69, 9.17) is 5.73 Å². The average molecular weight is 457 g/mol. The summed E-state index contributed by atoms with van der Waals surface area (Å²) in [4.78, 5) is 11.9. The SMILES string of the molecule is CC(CCN)CCC(=O)Nc1c(Br)cc(Br)cc1Br. The van der Waals surface area contributed by atoms with Crippen molar-refractivity contribution >= 4 is 59.4 Å². The molecule has 1 aromatic rings. The molecule has 0 radical (unpaired) electrons. The number of amides is 1. The Labute approximate surface area is 139 Å². The summed E-state index contributed by atoms with van der Waals surface area (Å²) >= 11 is 10.3. The van der Waals surface area contributed by atoms with E-state index >= 15 is 0 Å². The molecule has 0 aliphatic heterocycles. The zero-order valence-corrected chi connectivity index (χ0v) is 15.4. The van der Waals surface area contributed by atoms with Crippen LogP contribution in [0, 0.1) is 5.92 Å². The van der Waals surface area contributed by atoms with Gasteiger partial charge in [0.2, 0.25) is 5.91 Å². The van der Waals surface area contributed by atoms with Gasteiger partial charge in [0, 0.05) is 19.8 Å². The Morgan fingerprint density at radius 2 is 1.84 bits per heavy atom. The first-order valence-corrected chi connectivity index (χ1v) is 8.46. The minimum absolute atomic E-state index is 0.0209. The summed E-state index contributed by atoms with van der Waals surface area (Å²) in [5, 5.41) is 2.92. The van der Waals surface area contributed by atoms with E-state index in [2.05, 4.69) is 60.0 Å². The van der Waals surface area contributed by atoms with E-state index in [1.807, 2.05) is 12.1 Å². The highest BCUT2D eigenvalue weighted by Gasteiger charge is 2.11. The van der Waals surface area contributed by atoms with E-state index in [1.54, 1.807) is 0 Å². The second-order valence-electron chi connectivity index (χ2n) is 4.51. The Bertz CT molecular complexity index is 429. The van der Waals surface area contributed by atoms with Crippen LogP contribution in [0.1, 0.15) is 26.2 Å². The number of halogens is 3. The van der Waals surface area contributed by atoms with E-state index in [9.17, 15) is 4.79 Å². The van der Waals surface area contributed by atoms with Crippen LogP contribution in [-0.2, 0) is 4.79 Å². The van der Waals surface area contributed by atoms with E-state index in [0.29, 0.717) is 18.9 Å². The topological polar surface area (TPSA) is 55.1 Å². The average Bonchev–Trinajstić information content (AvgIpc) is 2.31. The third kappa shape index (κ3) is 5.94. The maximum absolute atomic E-state index is 11.9. The summed E-state index contributed by atoms with van der Waals surface area (Å²) in [6.07, 6.45) is 2.32. The van der Waals surface area contributed by atoms with Crippen molar-refractivity contribution < 1.29 is 4.79 Å². The predicted molar refractivity (Wildman–Crippen MR) is 90.2 cm³/mol. The number of hydrogen-bond acceptors (Lipinski definition) is 2. The molecule has 19 heavy (non-hydrogen) atoms. The van der Waals surface area contributed by atoms with E-state index in [1.165, 1.54) is 0 Å². The van der Waals surface area contributed by atoms with E-state index in [0.717, 1.165) is 31.9 Å². The smallest absolute Gasteiger partial charge is 0.224 e. The highest BCUT2D eigenvalue weighted by Crippen LogP contribution is 2.34. The molecule has 0 fully saturated rings. The van der Waals surface area contributed by atoms with Crippen molar-refractivity contribution in [2.24, 2.45) is 11.7 Å². The lowest BCUT2D eigenvalue weighted by molar-refractivity contribution is -0.116. The maximum Gasteiger partial charge on any atom is 0.224 e. The summed E-state index contributed by atoms with van der Waals surface area (Å²) in [7, 11) is 0. The lowest BCUT2D eigenvalue weighted by Gasteiger charge is -2.12. The van der Waals surface area contributed by atoms with Gasteiger partial charge in [-0.1, -0.05) is 22.9 Å². The van der Waals surface area contributed by atoms with Crippen LogP contribution >= 0.6 is 47.8 Å². The third-order valence-corrected chi connectivity index (χ3v) is 4.50. The van der Waals surface area contributed by atoms with Crippen LogP contribution in [0.2, 0.25) is 0 Å². The molecule has 0 spiro atoms. The normalized spacial score (nSPS) is 12.3. The van der Waals surface area contributed by atoms with Crippen molar-refractivity contribution in [3.8, 4) is 0 Å². The Morgan fingerprint density at radius 3 is 2.37 bits per heavy atom. The number of nitrogens with two attached hydrogens (primary N) is 1. The van der Waals surface area contributed by atoms with Crippen molar-refractivity contribution in [2.75, 3.05) is 11.9 Å². The zero-order chi connectivity index (χ0) is 14.4. The summed E-state index contributed by atoms with van der Waals surface area (Å²) < 4.78 is 2.63. The fourth-order valence-electron chi connectivity index (χ4n) is 1.67. The van der Waals surface area contributed by atoms with Gasteiger partial charge in [0.15, 0.2) is 0 Å². The first kappa shape index (κ1) is 17.1. The minimum Gasteiger partial charge on any atom is -0.330 e. The quantitative estimate of drug-likeness (QED) is 0.653. The Hall–Kier alpha value is 0.0900. The fraction of sp³-hybridized carbons (Fsp3) is 0.462. The van der Waals surface area contributed by atoms with Gasteiger partial charge in [-0.15, -0.1) is 0 Å². The zero-order valence-electron chi connectivity index (χ0n) is 10.7. The molecule has 0 aliphatic rings. The number of carbonyl (C=O) groups is 1. The monoisotopic (exact) mass is 454 g/mol. The van der Waals surface area contributed by atoms with Gasteiger partial charge >= 0.3 is 0 Å². The third-order valence-electron chi connectivity index (χ3n) is 2.79. The van der Waals surface area contributed by atoms with Crippen LogP contribution in [-0.4, -0.2) is 12.5 Å². The van der Waals surface area contributed by atoms with Gasteiger partial charge in [-0.3, -0.25) is 4.79 Å². The molecule has 3 nitrogen and oxygen atoms in total. The molecule has 3 N–H and O–H groups in total. The number of carbonyl (C=O) groups excluding carboxylic acids is 1. The first-order chi connectivity index (χ1) is 8.93. The van der Waals surface area contributed by atoms with Crippen molar-refractivity contribution in [1.29, 1.82) is 0 Å². The van der Waals surface area contributed by atoms with Crippen molar-refractivity contribution in [3.05, 3.63) is 25.6 Å². The number of rotatable bonds is 6. The van der Waals surface area contributed by atoms with E-state index in [-0.39, 0.29) is 5.91 Å². The molecule has 6 heteroatoms. The highest BCUT2D eigenvalue weighted by atomic mass is 79.9. The molecule has 106 valence electrons. The number of nitrogens with one attached hydrogen (secondary N) is 1. The van der Waals surface area contributed by atoms with Gasteiger partial charge in [0.25, 0.3) is 0 Å². The van der Waals surface area contributed by atoms with Gasteiger partial charge in [0.05, 0.1) is 5.69 Å². The molecule has 1 rings (SSSR count). The Balaban J connectivity index is 2.58. The fourth-order valence-corrected chi connectivity index (χ4v) is 4.13. The molecular weight excluding hydrogens is 440 g/mol. The first-order valence-electron chi connectivity index (χ1n) is 6.08. The second kappa shape index (κ2) is 8.39. The molecule has 0 saturated heterocycles. The van der Waals surface area contributed by atoms with Gasteiger partial charge in [0.1, 0.15) is 0 Å². The predicted octanol–water partition coefficient (Wildman–Crippen LogP) is 4.68. The Kier molecular flexibility index (Phi) is 7.57. The molecule has 0 aliphatic carbocycles. The van der Waals surface area contributed by atoms with Gasteiger partial charge in [-0.05, 0) is 69.3 Å². The van der Waals surface area contributed by atoms with Crippen LogP contribution in [0.5, 0.6) is 0 Å². The lowest BCUT2D eigenvalue weighted by Crippen LogP contribution is -2.14. The summed E-state index contributed by atoms with van der Waals surface area (Å²) in [6, 6.07) is 3.80. The summed E-state index contributed by atoms with van der Waals surface area (Å²) in [5.41, 5.74) is 6.26. The number of benzene rings is 1. The number of hydrogen-bond donors (Lipinski definition) is 2.